The van der Waals surface area contributed by atoms with Gasteiger partial charge in [-0.05, 0) is 24.3 Å². The molecule has 5 heteroatoms. The summed E-state index contributed by atoms with van der Waals surface area (Å²) >= 11 is 3.37. The zero-order valence-electron chi connectivity index (χ0n) is 8.40. The minimum Gasteiger partial charge on any atom is -0.335 e. The van der Waals surface area contributed by atoms with Gasteiger partial charge in [-0.25, -0.2) is 14.8 Å². The summed E-state index contributed by atoms with van der Waals surface area (Å²) in [4.78, 5) is 11.7. The van der Waals surface area contributed by atoms with Crippen LogP contribution in [-0.2, 0) is 0 Å². The maximum absolute atomic E-state index is 11.7. The first-order chi connectivity index (χ1) is 7.18. The summed E-state index contributed by atoms with van der Waals surface area (Å²) < 4.78 is 1.01. The number of nitrogens with zero attached hydrogens (tertiary/aromatic N) is 2. The van der Waals surface area contributed by atoms with E-state index in [0.29, 0.717) is 6.54 Å². The Bertz CT molecular complexity index is 365. The monoisotopic (exact) mass is 269 g/mol. The Balaban J connectivity index is 2.27. The number of amides is 2. The molecule has 1 fully saturated rings. The van der Waals surface area contributed by atoms with Gasteiger partial charge in [0.1, 0.15) is 0 Å². The average Bonchev–Trinajstić information content (AvgIpc) is 2.20. The van der Waals surface area contributed by atoms with Crippen LogP contribution in [0.4, 0.5) is 10.5 Å². The molecule has 0 aliphatic carbocycles. The number of anilines is 1. The lowest BCUT2D eigenvalue weighted by Gasteiger charge is -2.35. The Labute approximate surface area is 97.0 Å². The van der Waals surface area contributed by atoms with E-state index in [9.17, 15) is 4.79 Å². The molecular formula is C10H12BrN3O. The second-order valence-corrected chi connectivity index (χ2v) is 4.32. The molecule has 1 N–H and O–H groups in total. The number of urea groups is 1. The minimum atomic E-state index is -0.0777. The molecule has 1 aliphatic heterocycles. The Kier molecular flexibility index (Phi) is 2.93. The number of nitrogens with one attached hydrogen (secondary N) is 1. The Morgan fingerprint density at radius 2 is 2.00 bits per heavy atom. The van der Waals surface area contributed by atoms with E-state index < -0.39 is 0 Å². The summed E-state index contributed by atoms with van der Waals surface area (Å²) in [5.41, 5.74) is 0.873. The minimum absolute atomic E-state index is 0.0777. The lowest BCUT2D eigenvalue weighted by molar-refractivity contribution is 0.208. The number of benzene rings is 1. The van der Waals surface area contributed by atoms with Crippen LogP contribution in [0.15, 0.2) is 28.7 Å². The van der Waals surface area contributed by atoms with E-state index in [-0.39, 0.29) is 6.03 Å². The molecular weight excluding hydrogens is 258 g/mol. The van der Waals surface area contributed by atoms with Gasteiger partial charge < -0.3 is 5.32 Å². The van der Waals surface area contributed by atoms with Crippen LogP contribution in [-0.4, -0.2) is 31.2 Å². The number of hydrogen-bond acceptors (Lipinski definition) is 2. The van der Waals surface area contributed by atoms with Crippen molar-refractivity contribution in [3.8, 4) is 0 Å². The molecule has 4 nitrogen and oxygen atoms in total. The van der Waals surface area contributed by atoms with Crippen LogP contribution in [0.5, 0.6) is 0 Å². The molecule has 0 radical (unpaired) electrons. The van der Waals surface area contributed by atoms with Crippen LogP contribution in [0.25, 0.3) is 0 Å². The van der Waals surface area contributed by atoms with Crippen molar-refractivity contribution in [2.75, 3.05) is 25.1 Å². The molecule has 15 heavy (non-hydrogen) atoms. The zero-order chi connectivity index (χ0) is 10.8. The van der Waals surface area contributed by atoms with Crippen LogP contribution in [0.1, 0.15) is 0 Å². The first-order valence-electron chi connectivity index (χ1n) is 4.73. The van der Waals surface area contributed by atoms with E-state index >= 15 is 0 Å². The van der Waals surface area contributed by atoms with Gasteiger partial charge in [0.2, 0.25) is 0 Å². The molecule has 0 unspecified atom stereocenters. The Hall–Kier alpha value is -1.07. The first kappa shape index (κ1) is 10.4. The summed E-state index contributed by atoms with van der Waals surface area (Å²) in [5, 5.41) is 6.35. The highest BCUT2D eigenvalue weighted by Gasteiger charge is 2.23. The average molecular weight is 270 g/mol. The highest BCUT2D eigenvalue weighted by atomic mass is 79.9. The van der Waals surface area contributed by atoms with Crippen LogP contribution < -0.4 is 10.3 Å². The zero-order valence-corrected chi connectivity index (χ0v) is 9.99. The van der Waals surface area contributed by atoms with Crippen molar-refractivity contribution in [3.05, 3.63) is 28.7 Å². The second-order valence-electron chi connectivity index (χ2n) is 3.40. The van der Waals surface area contributed by atoms with E-state index in [1.807, 2.05) is 36.3 Å². The first-order valence-corrected chi connectivity index (χ1v) is 5.52. The summed E-state index contributed by atoms with van der Waals surface area (Å²) in [6.07, 6.45) is 0. The van der Waals surface area contributed by atoms with Gasteiger partial charge in [-0.2, -0.15) is 0 Å². The third kappa shape index (κ3) is 2.13. The van der Waals surface area contributed by atoms with Gasteiger partial charge in [-0.1, -0.05) is 15.9 Å². The molecule has 1 saturated heterocycles. The molecule has 80 valence electrons. The molecule has 2 amide bonds. The maximum Gasteiger partial charge on any atom is 0.336 e. The summed E-state index contributed by atoms with van der Waals surface area (Å²) in [6, 6.07) is 7.58. The largest absolute Gasteiger partial charge is 0.336 e. The fourth-order valence-electron chi connectivity index (χ4n) is 1.55. The van der Waals surface area contributed by atoms with Gasteiger partial charge in [-0.3, -0.25) is 0 Å². The summed E-state index contributed by atoms with van der Waals surface area (Å²) in [6.45, 7) is 1.52. The number of halogens is 1. The van der Waals surface area contributed by atoms with Crippen LogP contribution >= 0.6 is 15.9 Å². The van der Waals surface area contributed by atoms with E-state index in [1.165, 1.54) is 0 Å². The summed E-state index contributed by atoms with van der Waals surface area (Å²) in [5.74, 6) is 0. The van der Waals surface area contributed by atoms with Gasteiger partial charge in [-0.15, -0.1) is 0 Å². The number of carbonyl (C=O) groups is 1. The highest BCUT2D eigenvalue weighted by molar-refractivity contribution is 9.10. The van der Waals surface area contributed by atoms with Crippen LogP contribution in [0.3, 0.4) is 0 Å². The van der Waals surface area contributed by atoms with Crippen molar-refractivity contribution in [2.24, 2.45) is 0 Å². The normalized spacial score (nSPS) is 17.7. The number of likely N-dealkylation sites (N-methyl/N-ethyl adjacent to an activating group) is 1. The molecule has 1 aliphatic rings. The lowest BCUT2D eigenvalue weighted by Crippen LogP contribution is -2.57. The van der Waals surface area contributed by atoms with E-state index in [1.54, 1.807) is 5.01 Å². The fourth-order valence-corrected chi connectivity index (χ4v) is 1.82. The van der Waals surface area contributed by atoms with Gasteiger partial charge >= 0.3 is 6.03 Å². The fraction of sp³-hybridized carbons (Fsp3) is 0.300. The number of hydrogen-bond donors (Lipinski definition) is 1. The molecule has 0 atom stereocenters. The maximum atomic E-state index is 11.7. The second kappa shape index (κ2) is 4.20. The third-order valence-electron chi connectivity index (χ3n) is 2.32. The molecule has 0 bridgehead atoms. The van der Waals surface area contributed by atoms with Crippen molar-refractivity contribution < 1.29 is 4.79 Å². The standard InChI is InChI=1S/C10H12BrN3O/c1-13-7-6-12-10(15)14(13)9-4-2-8(11)3-5-9/h2-5H,6-7H2,1H3,(H,12,15). The smallest absolute Gasteiger partial charge is 0.335 e. The van der Waals surface area contributed by atoms with Gasteiger partial charge in [0.15, 0.2) is 0 Å². The van der Waals surface area contributed by atoms with Crippen molar-refractivity contribution >= 4 is 27.6 Å². The topological polar surface area (TPSA) is 35.6 Å². The molecule has 0 aromatic heterocycles. The van der Waals surface area contributed by atoms with Crippen LogP contribution in [0, 0.1) is 0 Å². The Morgan fingerprint density at radius 3 is 2.60 bits per heavy atom. The molecule has 1 aromatic carbocycles. The van der Waals surface area contributed by atoms with Gasteiger partial charge in [0.25, 0.3) is 0 Å². The number of hydrazine groups is 1. The van der Waals surface area contributed by atoms with Crippen molar-refractivity contribution in [1.29, 1.82) is 0 Å². The van der Waals surface area contributed by atoms with E-state index in [2.05, 4.69) is 21.2 Å². The van der Waals surface area contributed by atoms with Gasteiger partial charge in [0.05, 0.1) is 5.69 Å². The molecule has 0 saturated carbocycles. The predicted molar refractivity (Wildman–Crippen MR) is 62.6 cm³/mol. The Morgan fingerprint density at radius 1 is 1.33 bits per heavy atom. The molecule has 2 rings (SSSR count). The van der Waals surface area contributed by atoms with Crippen molar-refractivity contribution in [2.45, 2.75) is 0 Å². The number of rotatable bonds is 1. The van der Waals surface area contributed by atoms with E-state index in [0.717, 1.165) is 16.7 Å². The predicted octanol–water partition coefficient (Wildman–Crippen LogP) is 1.83. The van der Waals surface area contributed by atoms with Crippen molar-refractivity contribution in [3.63, 3.8) is 0 Å². The summed E-state index contributed by atoms with van der Waals surface area (Å²) in [7, 11) is 1.90. The van der Waals surface area contributed by atoms with E-state index in [4.69, 9.17) is 0 Å². The van der Waals surface area contributed by atoms with Gasteiger partial charge in [0, 0.05) is 24.6 Å². The highest BCUT2D eigenvalue weighted by Crippen LogP contribution is 2.20. The molecule has 0 spiro atoms. The third-order valence-corrected chi connectivity index (χ3v) is 2.85. The van der Waals surface area contributed by atoms with Crippen LogP contribution in [0.2, 0.25) is 0 Å². The molecule has 1 aromatic rings. The van der Waals surface area contributed by atoms with Crippen molar-refractivity contribution in [1.82, 2.24) is 10.3 Å². The SMILES string of the molecule is CN1CCNC(=O)N1c1ccc(Br)cc1. The number of carbonyl (C=O) groups excluding carboxylic acids is 1. The molecule has 1 heterocycles. The quantitative estimate of drug-likeness (QED) is 0.845. The lowest BCUT2D eigenvalue weighted by atomic mass is 10.3.